The summed E-state index contributed by atoms with van der Waals surface area (Å²) < 4.78 is 5.16. The van der Waals surface area contributed by atoms with Crippen LogP contribution in [0.1, 0.15) is 30.7 Å². The zero-order valence-electron chi connectivity index (χ0n) is 12.8. The number of aromatic nitrogens is 1. The number of nitrogens with zero attached hydrogens (tertiary/aromatic N) is 2. The third-order valence-electron chi connectivity index (χ3n) is 3.52. The van der Waals surface area contributed by atoms with Crippen LogP contribution in [0.3, 0.4) is 0 Å². The van der Waals surface area contributed by atoms with E-state index in [1.165, 1.54) is 5.56 Å². The zero-order valence-corrected chi connectivity index (χ0v) is 12.8. The highest BCUT2D eigenvalue weighted by atomic mass is 16.5. The first kappa shape index (κ1) is 15.3. The topological polar surface area (TPSA) is 45.6 Å². The SMILES string of the molecule is CC[C@H](O)c1ccc(N(C)Cc2ccc(OC)cc2)cn1. The second kappa shape index (κ2) is 7.09. The van der Waals surface area contributed by atoms with E-state index in [0.717, 1.165) is 23.7 Å². The number of hydrogen-bond donors (Lipinski definition) is 1. The van der Waals surface area contributed by atoms with E-state index in [1.807, 2.05) is 38.2 Å². The van der Waals surface area contributed by atoms with Gasteiger partial charge in [0, 0.05) is 13.6 Å². The highest BCUT2D eigenvalue weighted by Crippen LogP contribution is 2.19. The molecule has 0 aliphatic heterocycles. The highest BCUT2D eigenvalue weighted by molar-refractivity contribution is 5.45. The fraction of sp³-hybridized carbons (Fsp3) is 0.353. The summed E-state index contributed by atoms with van der Waals surface area (Å²) in [6.45, 7) is 2.73. The summed E-state index contributed by atoms with van der Waals surface area (Å²) in [4.78, 5) is 6.45. The van der Waals surface area contributed by atoms with Crippen LogP contribution < -0.4 is 9.64 Å². The molecule has 0 saturated heterocycles. The van der Waals surface area contributed by atoms with E-state index in [2.05, 4.69) is 22.0 Å². The Morgan fingerprint density at radius 1 is 1.19 bits per heavy atom. The Hall–Kier alpha value is -2.07. The summed E-state index contributed by atoms with van der Waals surface area (Å²) in [6, 6.07) is 11.9. The Kier molecular flexibility index (Phi) is 5.17. The maximum atomic E-state index is 9.76. The standard InChI is InChI=1S/C17H22N2O2/c1-4-17(20)16-10-7-14(11-18-16)19(2)12-13-5-8-15(21-3)9-6-13/h5-11,17,20H,4,12H2,1-3H3/t17-/m0/s1. The van der Waals surface area contributed by atoms with Crippen LogP contribution in [0.25, 0.3) is 0 Å². The number of pyridine rings is 1. The summed E-state index contributed by atoms with van der Waals surface area (Å²) in [5, 5.41) is 9.76. The lowest BCUT2D eigenvalue weighted by Crippen LogP contribution is -2.16. The maximum Gasteiger partial charge on any atom is 0.118 e. The van der Waals surface area contributed by atoms with Gasteiger partial charge in [-0.25, -0.2) is 0 Å². The zero-order chi connectivity index (χ0) is 15.2. The number of ether oxygens (including phenoxy) is 1. The minimum absolute atomic E-state index is 0.481. The minimum atomic E-state index is -0.481. The van der Waals surface area contributed by atoms with Crippen LogP contribution in [-0.4, -0.2) is 24.2 Å². The van der Waals surface area contributed by atoms with Gasteiger partial charge in [0.05, 0.1) is 30.8 Å². The van der Waals surface area contributed by atoms with Crippen molar-refractivity contribution in [3.63, 3.8) is 0 Å². The summed E-state index contributed by atoms with van der Waals surface area (Å²) in [5.41, 5.74) is 2.95. The van der Waals surface area contributed by atoms with Crippen LogP contribution in [-0.2, 0) is 6.54 Å². The van der Waals surface area contributed by atoms with Gasteiger partial charge in [-0.3, -0.25) is 4.98 Å². The number of methoxy groups -OCH3 is 1. The fourth-order valence-electron chi connectivity index (χ4n) is 2.13. The molecule has 0 aliphatic carbocycles. The van der Waals surface area contributed by atoms with Crippen LogP contribution in [0.15, 0.2) is 42.6 Å². The van der Waals surface area contributed by atoms with Crippen LogP contribution in [0.2, 0.25) is 0 Å². The van der Waals surface area contributed by atoms with E-state index in [-0.39, 0.29) is 0 Å². The molecule has 112 valence electrons. The van der Waals surface area contributed by atoms with E-state index in [9.17, 15) is 5.11 Å². The first-order valence-electron chi connectivity index (χ1n) is 7.12. The molecule has 0 amide bonds. The predicted octanol–water partition coefficient (Wildman–Crippen LogP) is 3.17. The Morgan fingerprint density at radius 2 is 1.90 bits per heavy atom. The highest BCUT2D eigenvalue weighted by Gasteiger charge is 2.08. The third kappa shape index (κ3) is 3.95. The number of anilines is 1. The summed E-state index contributed by atoms with van der Waals surface area (Å²) in [6.07, 6.45) is 2.00. The molecule has 1 atom stereocenters. The number of benzene rings is 1. The molecule has 4 nitrogen and oxygen atoms in total. The molecule has 2 rings (SSSR count). The van der Waals surface area contributed by atoms with Crippen LogP contribution >= 0.6 is 0 Å². The summed E-state index contributed by atoms with van der Waals surface area (Å²) in [5.74, 6) is 0.862. The number of rotatable bonds is 6. The Bertz CT molecular complexity index is 552. The molecule has 1 heterocycles. The van der Waals surface area contributed by atoms with Gasteiger partial charge in [0.15, 0.2) is 0 Å². The first-order chi connectivity index (χ1) is 10.1. The molecule has 1 aromatic carbocycles. The average Bonchev–Trinajstić information content (AvgIpc) is 2.55. The predicted molar refractivity (Wildman–Crippen MR) is 84.6 cm³/mol. The van der Waals surface area contributed by atoms with Crippen molar-refractivity contribution in [3.05, 3.63) is 53.9 Å². The van der Waals surface area contributed by atoms with Gasteiger partial charge < -0.3 is 14.7 Å². The van der Waals surface area contributed by atoms with Crippen molar-refractivity contribution in [1.82, 2.24) is 4.98 Å². The summed E-state index contributed by atoms with van der Waals surface area (Å²) in [7, 11) is 3.69. The Balaban J connectivity index is 2.03. The largest absolute Gasteiger partial charge is 0.497 e. The monoisotopic (exact) mass is 286 g/mol. The quantitative estimate of drug-likeness (QED) is 0.886. The van der Waals surface area contributed by atoms with Crippen molar-refractivity contribution in [1.29, 1.82) is 0 Å². The van der Waals surface area contributed by atoms with Crippen molar-refractivity contribution in [2.75, 3.05) is 19.1 Å². The first-order valence-corrected chi connectivity index (χ1v) is 7.12. The molecule has 0 radical (unpaired) electrons. The van der Waals surface area contributed by atoms with Gasteiger partial charge in [-0.05, 0) is 36.2 Å². The molecular formula is C17H22N2O2. The Labute approximate surface area is 126 Å². The van der Waals surface area contributed by atoms with E-state index < -0.39 is 6.10 Å². The molecule has 0 bridgehead atoms. The van der Waals surface area contributed by atoms with E-state index in [0.29, 0.717) is 6.42 Å². The molecule has 1 N–H and O–H groups in total. The van der Waals surface area contributed by atoms with Crippen molar-refractivity contribution >= 4 is 5.69 Å². The molecule has 21 heavy (non-hydrogen) atoms. The number of hydrogen-bond acceptors (Lipinski definition) is 4. The van der Waals surface area contributed by atoms with Gasteiger partial charge >= 0.3 is 0 Å². The second-order valence-corrected chi connectivity index (χ2v) is 5.07. The third-order valence-corrected chi connectivity index (χ3v) is 3.52. The van der Waals surface area contributed by atoms with Crippen LogP contribution in [0.5, 0.6) is 5.75 Å². The van der Waals surface area contributed by atoms with Gasteiger partial charge in [0.2, 0.25) is 0 Å². The smallest absolute Gasteiger partial charge is 0.118 e. The normalized spacial score (nSPS) is 12.0. The van der Waals surface area contributed by atoms with Gasteiger partial charge in [-0.2, -0.15) is 0 Å². The van der Waals surface area contributed by atoms with Gasteiger partial charge in [-0.15, -0.1) is 0 Å². The molecule has 4 heteroatoms. The minimum Gasteiger partial charge on any atom is -0.497 e. The average molecular weight is 286 g/mol. The van der Waals surface area contributed by atoms with E-state index in [4.69, 9.17) is 4.74 Å². The number of aliphatic hydroxyl groups is 1. The molecular weight excluding hydrogens is 264 g/mol. The van der Waals surface area contributed by atoms with Gasteiger partial charge in [-0.1, -0.05) is 19.1 Å². The van der Waals surface area contributed by atoms with E-state index >= 15 is 0 Å². The lowest BCUT2D eigenvalue weighted by molar-refractivity contribution is 0.169. The Morgan fingerprint density at radius 3 is 2.43 bits per heavy atom. The molecule has 2 aromatic rings. The van der Waals surface area contributed by atoms with Crippen LogP contribution in [0.4, 0.5) is 5.69 Å². The molecule has 0 unspecified atom stereocenters. The van der Waals surface area contributed by atoms with Crippen molar-refractivity contribution in [2.24, 2.45) is 0 Å². The molecule has 0 aliphatic rings. The van der Waals surface area contributed by atoms with Crippen molar-refractivity contribution < 1.29 is 9.84 Å². The molecule has 0 fully saturated rings. The van der Waals surface area contributed by atoms with Gasteiger partial charge in [0.1, 0.15) is 5.75 Å². The molecule has 1 aromatic heterocycles. The van der Waals surface area contributed by atoms with Crippen molar-refractivity contribution in [2.45, 2.75) is 26.0 Å². The van der Waals surface area contributed by atoms with Crippen LogP contribution in [0, 0.1) is 0 Å². The second-order valence-electron chi connectivity index (χ2n) is 5.07. The lowest BCUT2D eigenvalue weighted by Gasteiger charge is -2.20. The molecule has 0 saturated carbocycles. The summed E-state index contributed by atoms with van der Waals surface area (Å²) >= 11 is 0. The fourth-order valence-corrected chi connectivity index (χ4v) is 2.13. The molecule has 0 spiro atoms. The maximum absolute atomic E-state index is 9.76. The van der Waals surface area contributed by atoms with Gasteiger partial charge in [0.25, 0.3) is 0 Å². The lowest BCUT2D eigenvalue weighted by atomic mass is 10.1. The number of aliphatic hydroxyl groups excluding tert-OH is 1. The van der Waals surface area contributed by atoms with Crippen molar-refractivity contribution in [3.8, 4) is 5.75 Å². The van der Waals surface area contributed by atoms with E-state index in [1.54, 1.807) is 13.3 Å².